The van der Waals surface area contributed by atoms with Gasteiger partial charge < -0.3 is 0 Å². The van der Waals surface area contributed by atoms with E-state index in [1.54, 1.807) is 30.3 Å². The van der Waals surface area contributed by atoms with E-state index in [1.165, 1.54) is 6.07 Å². The van der Waals surface area contributed by atoms with Gasteiger partial charge in [-0.15, -0.1) is 0 Å². The molecule has 0 unspecified atom stereocenters. The van der Waals surface area contributed by atoms with Crippen LogP contribution in [0.3, 0.4) is 0 Å². The second-order valence-electron chi connectivity index (χ2n) is 3.89. The maximum atomic E-state index is 13.8. The number of ketones is 1. The molecule has 2 rings (SSSR count). The fourth-order valence-electron chi connectivity index (χ4n) is 1.57. The molecule has 0 radical (unpaired) electrons. The SMILES string of the molecule is Cc1ccc(C(=O)c2cccc(Br)c2F)cc1Cl. The molecule has 0 saturated carbocycles. The van der Waals surface area contributed by atoms with Crippen LogP contribution in [0.1, 0.15) is 21.5 Å². The lowest BCUT2D eigenvalue weighted by atomic mass is 10.0. The van der Waals surface area contributed by atoms with Crippen LogP contribution in [-0.4, -0.2) is 5.78 Å². The Morgan fingerprint density at radius 2 is 2.00 bits per heavy atom. The molecule has 0 amide bonds. The molecular weight excluding hydrogens is 319 g/mol. The van der Waals surface area contributed by atoms with Crippen molar-refractivity contribution in [1.82, 2.24) is 0 Å². The highest BCUT2D eigenvalue weighted by molar-refractivity contribution is 9.10. The average molecular weight is 328 g/mol. The fraction of sp³-hybridized carbons (Fsp3) is 0.0714. The maximum Gasteiger partial charge on any atom is 0.196 e. The van der Waals surface area contributed by atoms with Gasteiger partial charge in [0.2, 0.25) is 0 Å². The van der Waals surface area contributed by atoms with E-state index in [0.717, 1.165) is 5.56 Å². The zero-order valence-corrected chi connectivity index (χ0v) is 11.8. The van der Waals surface area contributed by atoms with E-state index in [4.69, 9.17) is 11.6 Å². The third kappa shape index (κ3) is 2.47. The molecule has 0 fully saturated rings. The monoisotopic (exact) mass is 326 g/mol. The van der Waals surface area contributed by atoms with Gasteiger partial charge in [0, 0.05) is 10.6 Å². The van der Waals surface area contributed by atoms with Crippen LogP contribution in [0.4, 0.5) is 4.39 Å². The lowest BCUT2D eigenvalue weighted by Crippen LogP contribution is -2.04. The zero-order valence-electron chi connectivity index (χ0n) is 9.51. The summed E-state index contributed by atoms with van der Waals surface area (Å²) < 4.78 is 14.1. The largest absolute Gasteiger partial charge is 0.288 e. The van der Waals surface area contributed by atoms with Crippen LogP contribution < -0.4 is 0 Å². The van der Waals surface area contributed by atoms with Crippen LogP contribution in [0.15, 0.2) is 40.9 Å². The van der Waals surface area contributed by atoms with Crippen LogP contribution in [0.5, 0.6) is 0 Å². The van der Waals surface area contributed by atoms with Crippen molar-refractivity contribution in [3.63, 3.8) is 0 Å². The predicted octanol–water partition coefficient (Wildman–Crippen LogP) is 4.78. The summed E-state index contributed by atoms with van der Waals surface area (Å²) in [5.74, 6) is -0.935. The molecule has 18 heavy (non-hydrogen) atoms. The predicted molar refractivity (Wildman–Crippen MR) is 73.7 cm³/mol. The van der Waals surface area contributed by atoms with Gasteiger partial charge >= 0.3 is 0 Å². The fourth-order valence-corrected chi connectivity index (χ4v) is 2.12. The first-order valence-electron chi connectivity index (χ1n) is 5.25. The Balaban J connectivity index is 2.48. The van der Waals surface area contributed by atoms with Gasteiger partial charge in [-0.1, -0.05) is 29.8 Å². The van der Waals surface area contributed by atoms with Gasteiger partial charge in [0.05, 0.1) is 10.0 Å². The van der Waals surface area contributed by atoms with Crippen molar-refractivity contribution < 1.29 is 9.18 Å². The standard InChI is InChI=1S/C14H9BrClFO/c1-8-5-6-9(7-12(8)16)14(18)10-3-2-4-11(15)13(10)17/h2-7H,1H3. The van der Waals surface area contributed by atoms with Crippen molar-refractivity contribution >= 4 is 33.3 Å². The van der Waals surface area contributed by atoms with Gasteiger partial charge in [-0.05, 0) is 46.6 Å². The number of carbonyl (C=O) groups is 1. The summed E-state index contributed by atoms with van der Waals surface area (Å²) in [6.07, 6.45) is 0. The Kier molecular flexibility index (Phi) is 3.83. The molecular formula is C14H9BrClFO. The van der Waals surface area contributed by atoms with Crippen LogP contribution >= 0.6 is 27.5 Å². The van der Waals surface area contributed by atoms with Crippen molar-refractivity contribution in [2.75, 3.05) is 0 Å². The number of carbonyl (C=O) groups excluding carboxylic acids is 1. The molecule has 0 N–H and O–H groups in total. The van der Waals surface area contributed by atoms with Crippen LogP contribution in [0.25, 0.3) is 0 Å². The second kappa shape index (κ2) is 5.21. The molecule has 0 saturated heterocycles. The van der Waals surface area contributed by atoms with E-state index >= 15 is 0 Å². The summed E-state index contributed by atoms with van der Waals surface area (Å²) in [4.78, 5) is 12.2. The summed E-state index contributed by atoms with van der Waals surface area (Å²) in [6.45, 7) is 1.84. The van der Waals surface area contributed by atoms with E-state index < -0.39 is 5.82 Å². The van der Waals surface area contributed by atoms with Gasteiger partial charge in [0.1, 0.15) is 5.82 Å². The van der Waals surface area contributed by atoms with E-state index in [0.29, 0.717) is 10.6 Å². The molecule has 0 spiro atoms. The Bertz CT molecular complexity index is 625. The third-order valence-corrected chi connectivity index (χ3v) is 3.65. The summed E-state index contributed by atoms with van der Waals surface area (Å²) in [7, 11) is 0. The van der Waals surface area contributed by atoms with Crippen molar-refractivity contribution in [1.29, 1.82) is 0 Å². The van der Waals surface area contributed by atoms with Crippen molar-refractivity contribution in [2.24, 2.45) is 0 Å². The molecule has 4 heteroatoms. The quantitative estimate of drug-likeness (QED) is 0.725. The number of rotatable bonds is 2. The van der Waals surface area contributed by atoms with Gasteiger partial charge in [-0.2, -0.15) is 0 Å². The lowest BCUT2D eigenvalue weighted by molar-refractivity contribution is 0.103. The minimum Gasteiger partial charge on any atom is -0.288 e. The minimum atomic E-state index is -0.556. The average Bonchev–Trinajstić information content (AvgIpc) is 2.35. The normalized spacial score (nSPS) is 10.4. The lowest BCUT2D eigenvalue weighted by Gasteiger charge is -2.05. The maximum absolute atomic E-state index is 13.8. The summed E-state index contributed by atoms with van der Waals surface area (Å²) in [6, 6.07) is 9.57. The highest BCUT2D eigenvalue weighted by Gasteiger charge is 2.16. The summed E-state index contributed by atoms with van der Waals surface area (Å²) >= 11 is 9.02. The Hall–Kier alpha value is -1.19. The van der Waals surface area contributed by atoms with E-state index in [1.807, 2.05) is 6.92 Å². The van der Waals surface area contributed by atoms with Crippen molar-refractivity contribution in [2.45, 2.75) is 6.92 Å². The molecule has 92 valence electrons. The first-order valence-corrected chi connectivity index (χ1v) is 6.42. The third-order valence-electron chi connectivity index (χ3n) is 2.63. The number of hydrogen-bond donors (Lipinski definition) is 0. The van der Waals surface area contributed by atoms with Gasteiger partial charge in [0.25, 0.3) is 0 Å². The number of halogens is 3. The molecule has 1 nitrogen and oxygen atoms in total. The molecule has 2 aromatic rings. The molecule has 0 aromatic heterocycles. The van der Waals surface area contributed by atoms with E-state index in [2.05, 4.69) is 15.9 Å². The Labute approximate surface area is 118 Å². The summed E-state index contributed by atoms with van der Waals surface area (Å²) in [5, 5.41) is 0.497. The minimum absolute atomic E-state index is 0.0318. The number of aryl methyl sites for hydroxylation is 1. The molecule has 0 heterocycles. The molecule has 2 aromatic carbocycles. The Morgan fingerprint density at radius 1 is 1.28 bits per heavy atom. The van der Waals surface area contributed by atoms with Gasteiger partial charge in [-0.25, -0.2) is 4.39 Å². The van der Waals surface area contributed by atoms with Crippen molar-refractivity contribution in [3.05, 3.63) is 68.4 Å². The second-order valence-corrected chi connectivity index (χ2v) is 5.16. The van der Waals surface area contributed by atoms with Crippen LogP contribution in [0.2, 0.25) is 5.02 Å². The van der Waals surface area contributed by atoms with E-state index in [9.17, 15) is 9.18 Å². The molecule has 0 aliphatic heterocycles. The number of hydrogen-bond acceptors (Lipinski definition) is 1. The molecule has 0 aliphatic carbocycles. The van der Waals surface area contributed by atoms with Crippen LogP contribution in [0, 0.1) is 12.7 Å². The first-order chi connectivity index (χ1) is 8.50. The molecule has 0 atom stereocenters. The smallest absolute Gasteiger partial charge is 0.196 e. The van der Waals surface area contributed by atoms with Gasteiger partial charge in [-0.3, -0.25) is 4.79 Å². The highest BCUT2D eigenvalue weighted by Crippen LogP contribution is 2.23. The van der Waals surface area contributed by atoms with Crippen LogP contribution in [-0.2, 0) is 0 Å². The highest BCUT2D eigenvalue weighted by atomic mass is 79.9. The Morgan fingerprint density at radius 3 is 2.67 bits per heavy atom. The molecule has 0 aliphatic rings. The first kappa shape index (κ1) is 13.2. The van der Waals surface area contributed by atoms with Crippen molar-refractivity contribution in [3.8, 4) is 0 Å². The topological polar surface area (TPSA) is 17.1 Å². The van der Waals surface area contributed by atoms with E-state index in [-0.39, 0.29) is 15.8 Å². The number of benzene rings is 2. The summed E-state index contributed by atoms with van der Waals surface area (Å²) in [5.41, 5.74) is 1.29. The zero-order chi connectivity index (χ0) is 13.3. The van der Waals surface area contributed by atoms with Gasteiger partial charge in [0.15, 0.2) is 5.78 Å². The molecule has 0 bridgehead atoms.